The topological polar surface area (TPSA) is 50.1 Å². The second-order valence-corrected chi connectivity index (χ2v) is 4.08. The minimum absolute atomic E-state index is 0.0508. The van der Waals surface area contributed by atoms with Crippen LogP contribution in [-0.2, 0) is 20.2 Å². The maximum absolute atomic E-state index is 9.22. The third-order valence-electron chi connectivity index (χ3n) is 2.77. The molecule has 0 saturated heterocycles. The molecule has 17 heavy (non-hydrogen) atoms. The van der Waals surface area contributed by atoms with E-state index in [1.807, 2.05) is 49.1 Å². The largest absolute Gasteiger partial charge is 0.392 e. The Balaban J connectivity index is 2.09. The first kappa shape index (κ1) is 11.7. The molecule has 1 aromatic heterocycles. The van der Waals surface area contributed by atoms with Gasteiger partial charge in [-0.3, -0.25) is 4.68 Å². The molecule has 90 valence electrons. The molecule has 0 bridgehead atoms. The van der Waals surface area contributed by atoms with Gasteiger partial charge in [-0.15, -0.1) is 0 Å². The van der Waals surface area contributed by atoms with Gasteiger partial charge in [-0.2, -0.15) is 5.10 Å². The Kier molecular flexibility index (Phi) is 3.44. The summed E-state index contributed by atoms with van der Waals surface area (Å²) < 4.78 is 1.81. The Morgan fingerprint density at radius 2 is 2.06 bits per heavy atom. The predicted octanol–water partition coefficient (Wildman–Crippen LogP) is 1.83. The van der Waals surface area contributed by atoms with Crippen LogP contribution in [0.1, 0.15) is 16.8 Å². The number of benzene rings is 1. The number of aliphatic hydroxyl groups is 1. The lowest BCUT2D eigenvalue weighted by molar-refractivity contribution is 0.282. The minimum Gasteiger partial charge on any atom is -0.392 e. The summed E-state index contributed by atoms with van der Waals surface area (Å²) in [4.78, 5) is 0. The van der Waals surface area contributed by atoms with Gasteiger partial charge in [0.25, 0.3) is 0 Å². The van der Waals surface area contributed by atoms with Crippen LogP contribution in [0.5, 0.6) is 0 Å². The summed E-state index contributed by atoms with van der Waals surface area (Å²) in [5.41, 5.74) is 4.08. The van der Waals surface area contributed by atoms with Gasteiger partial charge in [0.05, 0.1) is 12.3 Å². The van der Waals surface area contributed by atoms with Crippen molar-refractivity contribution in [2.75, 3.05) is 5.32 Å². The van der Waals surface area contributed by atoms with Crippen molar-refractivity contribution in [1.29, 1.82) is 0 Å². The maximum atomic E-state index is 9.22. The Morgan fingerprint density at radius 3 is 2.71 bits per heavy atom. The summed E-state index contributed by atoms with van der Waals surface area (Å²) in [7, 11) is 1.91. The second-order valence-electron chi connectivity index (χ2n) is 4.08. The molecule has 4 nitrogen and oxygen atoms in total. The van der Waals surface area contributed by atoms with Gasteiger partial charge in [0, 0.05) is 36.6 Å². The zero-order chi connectivity index (χ0) is 12.3. The van der Waals surface area contributed by atoms with Crippen molar-refractivity contribution in [1.82, 2.24) is 9.78 Å². The summed E-state index contributed by atoms with van der Waals surface area (Å²) in [6.45, 7) is 2.76. The predicted molar refractivity (Wildman–Crippen MR) is 67.6 cm³/mol. The molecule has 1 aromatic carbocycles. The monoisotopic (exact) mass is 231 g/mol. The molecule has 0 unspecified atom stereocenters. The fourth-order valence-electron chi connectivity index (χ4n) is 1.84. The van der Waals surface area contributed by atoms with E-state index in [-0.39, 0.29) is 6.61 Å². The first-order valence-corrected chi connectivity index (χ1v) is 5.62. The van der Waals surface area contributed by atoms with Crippen LogP contribution < -0.4 is 5.32 Å². The van der Waals surface area contributed by atoms with Gasteiger partial charge in [-0.05, 0) is 13.0 Å². The number of rotatable bonds is 4. The SMILES string of the molecule is Cc1nn(C)cc1CNc1ccccc1CO. The number of aromatic nitrogens is 2. The molecule has 0 aliphatic heterocycles. The molecule has 4 heteroatoms. The number of anilines is 1. The lowest BCUT2D eigenvalue weighted by Crippen LogP contribution is -2.02. The molecule has 2 N–H and O–H groups in total. The Hall–Kier alpha value is -1.81. The molecule has 0 saturated carbocycles. The Morgan fingerprint density at radius 1 is 1.29 bits per heavy atom. The Labute approximate surface area is 101 Å². The van der Waals surface area contributed by atoms with Crippen molar-refractivity contribution >= 4 is 5.69 Å². The number of aryl methyl sites for hydroxylation is 2. The van der Waals surface area contributed by atoms with E-state index in [0.29, 0.717) is 0 Å². The molecular weight excluding hydrogens is 214 g/mol. The smallest absolute Gasteiger partial charge is 0.0701 e. The van der Waals surface area contributed by atoms with Gasteiger partial charge < -0.3 is 10.4 Å². The van der Waals surface area contributed by atoms with Crippen LogP contribution in [0.2, 0.25) is 0 Å². The number of para-hydroxylation sites is 1. The van der Waals surface area contributed by atoms with Crippen molar-refractivity contribution in [3.8, 4) is 0 Å². The molecule has 0 fully saturated rings. The maximum Gasteiger partial charge on any atom is 0.0701 e. The van der Waals surface area contributed by atoms with Gasteiger partial charge in [-0.1, -0.05) is 18.2 Å². The molecule has 0 aliphatic rings. The van der Waals surface area contributed by atoms with Crippen LogP contribution in [0.15, 0.2) is 30.5 Å². The van der Waals surface area contributed by atoms with Crippen LogP contribution in [0, 0.1) is 6.92 Å². The van der Waals surface area contributed by atoms with Crippen molar-refractivity contribution in [2.24, 2.45) is 7.05 Å². The van der Waals surface area contributed by atoms with E-state index in [4.69, 9.17) is 0 Å². The zero-order valence-corrected chi connectivity index (χ0v) is 10.1. The van der Waals surface area contributed by atoms with Gasteiger partial charge in [-0.25, -0.2) is 0 Å². The number of hydrogen-bond acceptors (Lipinski definition) is 3. The third kappa shape index (κ3) is 2.65. The van der Waals surface area contributed by atoms with Crippen molar-refractivity contribution in [3.63, 3.8) is 0 Å². The molecule has 0 aliphatic carbocycles. The zero-order valence-electron chi connectivity index (χ0n) is 10.1. The molecule has 2 aromatic rings. The van der Waals surface area contributed by atoms with Crippen molar-refractivity contribution < 1.29 is 5.11 Å². The highest BCUT2D eigenvalue weighted by Crippen LogP contribution is 2.16. The molecule has 2 rings (SSSR count). The van der Waals surface area contributed by atoms with Crippen LogP contribution in [-0.4, -0.2) is 14.9 Å². The summed E-state index contributed by atoms with van der Waals surface area (Å²) in [5, 5.41) is 16.8. The average molecular weight is 231 g/mol. The third-order valence-corrected chi connectivity index (χ3v) is 2.77. The fourth-order valence-corrected chi connectivity index (χ4v) is 1.84. The molecule has 0 amide bonds. The van der Waals surface area contributed by atoms with Crippen LogP contribution in [0.3, 0.4) is 0 Å². The quantitative estimate of drug-likeness (QED) is 0.844. The summed E-state index contributed by atoms with van der Waals surface area (Å²) >= 11 is 0. The normalized spacial score (nSPS) is 10.5. The standard InChI is InChI=1S/C13H17N3O/c1-10-12(8-16(2)15-10)7-14-13-6-4-3-5-11(13)9-17/h3-6,8,14,17H,7,9H2,1-2H3. The van der Waals surface area contributed by atoms with E-state index >= 15 is 0 Å². The van der Waals surface area contributed by atoms with E-state index in [1.54, 1.807) is 0 Å². The number of nitrogens with zero attached hydrogens (tertiary/aromatic N) is 2. The van der Waals surface area contributed by atoms with Gasteiger partial charge in [0.15, 0.2) is 0 Å². The lowest BCUT2D eigenvalue weighted by atomic mass is 10.2. The van der Waals surface area contributed by atoms with E-state index < -0.39 is 0 Å². The summed E-state index contributed by atoms with van der Waals surface area (Å²) in [5.74, 6) is 0. The van der Waals surface area contributed by atoms with Gasteiger partial charge in [0.2, 0.25) is 0 Å². The van der Waals surface area contributed by atoms with Gasteiger partial charge in [0.1, 0.15) is 0 Å². The van der Waals surface area contributed by atoms with E-state index in [2.05, 4.69) is 10.4 Å². The van der Waals surface area contributed by atoms with E-state index in [9.17, 15) is 5.11 Å². The van der Waals surface area contributed by atoms with Crippen molar-refractivity contribution in [2.45, 2.75) is 20.1 Å². The van der Waals surface area contributed by atoms with Crippen molar-refractivity contribution in [3.05, 3.63) is 47.3 Å². The number of hydrogen-bond donors (Lipinski definition) is 2. The van der Waals surface area contributed by atoms with Gasteiger partial charge >= 0.3 is 0 Å². The fraction of sp³-hybridized carbons (Fsp3) is 0.308. The van der Waals surface area contributed by atoms with Crippen LogP contribution in [0.4, 0.5) is 5.69 Å². The molecule has 1 heterocycles. The lowest BCUT2D eigenvalue weighted by Gasteiger charge is -2.09. The number of nitrogens with one attached hydrogen (secondary N) is 1. The highest BCUT2D eigenvalue weighted by atomic mass is 16.3. The summed E-state index contributed by atoms with van der Waals surface area (Å²) in [6, 6.07) is 7.76. The Bertz CT molecular complexity index is 505. The molecule has 0 spiro atoms. The van der Waals surface area contributed by atoms with E-state index in [0.717, 1.165) is 23.5 Å². The van der Waals surface area contributed by atoms with Crippen LogP contribution >= 0.6 is 0 Å². The first-order chi connectivity index (χ1) is 8.20. The molecule has 0 radical (unpaired) electrons. The van der Waals surface area contributed by atoms with E-state index in [1.165, 1.54) is 5.56 Å². The molecular formula is C13H17N3O. The van der Waals surface area contributed by atoms with Crippen LogP contribution in [0.25, 0.3) is 0 Å². The summed E-state index contributed by atoms with van der Waals surface area (Å²) in [6.07, 6.45) is 2.00. The highest BCUT2D eigenvalue weighted by molar-refractivity contribution is 5.51. The second kappa shape index (κ2) is 5.01. The average Bonchev–Trinajstić information content (AvgIpc) is 2.65. The first-order valence-electron chi connectivity index (χ1n) is 5.62. The minimum atomic E-state index is 0.0508. The highest BCUT2D eigenvalue weighted by Gasteiger charge is 2.04. The number of aliphatic hydroxyl groups excluding tert-OH is 1. The molecule has 0 atom stereocenters.